The van der Waals surface area contributed by atoms with Crippen LogP contribution in [0.3, 0.4) is 0 Å². The summed E-state index contributed by atoms with van der Waals surface area (Å²) in [6, 6.07) is 0. The predicted molar refractivity (Wildman–Crippen MR) is 80.6 cm³/mol. The lowest BCUT2D eigenvalue weighted by Crippen LogP contribution is -2.33. The van der Waals surface area contributed by atoms with Gasteiger partial charge in [-0.3, -0.25) is 0 Å². The summed E-state index contributed by atoms with van der Waals surface area (Å²) in [6.07, 6.45) is 11.2. The van der Waals surface area contributed by atoms with Crippen LogP contribution in [0.4, 0.5) is 0 Å². The molecule has 2 unspecified atom stereocenters. The lowest BCUT2D eigenvalue weighted by Gasteiger charge is -2.16. The first-order chi connectivity index (χ1) is 9.33. The second kappa shape index (κ2) is 11.7. The molecule has 2 atom stereocenters. The minimum absolute atomic E-state index is 0.317. The van der Waals surface area contributed by atoms with Crippen LogP contribution in [0.5, 0.6) is 0 Å². The van der Waals surface area contributed by atoms with E-state index in [4.69, 9.17) is 9.47 Å². The molecule has 0 radical (unpaired) electrons. The summed E-state index contributed by atoms with van der Waals surface area (Å²) in [7, 11) is 0. The van der Waals surface area contributed by atoms with Crippen molar-refractivity contribution in [2.75, 3.05) is 26.3 Å². The molecule has 0 bridgehead atoms. The molecule has 0 aromatic heterocycles. The van der Waals surface area contributed by atoms with Gasteiger partial charge in [-0.25, -0.2) is 0 Å². The zero-order valence-electron chi connectivity index (χ0n) is 13.0. The van der Waals surface area contributed by atoms with E-state index in [0.717, 1.165) is 26.3 Å². The molecule has 3 heteroatoms. The van der Waals surface area contributed by atoms with Gasteiger partial charge in [0.15, 0.2) is 0 Å². The zero-order valence-corrected chi connectivity index (χ0v) is 13.0. The van der Waals surface area contributed by atoms with E-state index in [-0.39, 0.29) is 0 Å². The quantitative estimate of drug-likeness (QED) is 0.551. The summed E-state index contributed by atoms with van der Waals surface area (Å²) in [5, 5.41) is 3.45. The smallest absolute Gasteiger partial charge is 0.0700 e. The van der Waals surface area contributed by atoms with Crippen LogP contribution in [0.25, 0.3) is 0 Å². The van der Waals surface area contributed by atoms with Crippen LogP contribution >= 0.6 is 0 Å². The van der Waals surface area contributed by atoms with E-state index < -0.39 is 0 Å². The number of nitrogens with one attached hydrogen (secondary N) is 1. The Labute approximate surface area is 119 Å². The lowest BCUT2D eigenvalue weighted by molar-refractivity contribution is 0.0574. The van der Waals surface area contributed by atoms with Crippen LogP contribution in [-0.4, -0.2) is 38.5 Å². The van der Waals surface area contributed by atoms with E-state index in [0.29, 0.717) is 12.2 Å². The van der Waals surface area contributed by atoms with Crippen LogP contribution in [0.2, 0.25) is 0 Å². The van der Waals surface area contributed by atoms with Gasteiger partial charge in [-0.15, -0.1) is 0 Å². The highest BCUT2D eigenvalue weighted by Crippen LogP contribution is 2.10. The number of hydrogen-bond donors (Lipinski definition) is 1. The Morgan fingerprint density at radius 3 is 2.74 bits per heavy atom. The highest BCUT2D eigenvalue weighted by Gasteiger charge is 2.14. The molecular formula is C16H33NO2. The van der Waals surface area contributed by atoms with Gasteiger partial charge in [-0.05, 0) is 26.2 Å². The van der Waals surface area contributed by atoms with Crippen molar-refractivity contribution in [2.24, 2.45) is 0 Å². The summed E-state index contributed by atoms with van der Waals surface area (Å²) < 4.78 is 11.4. The SMILES string of the molecule is CCCCCCCCOC(C)CNCC1CCCO1. The molecular weight excluding hydrogens is 238 g/mol. The Morgan fingerprint density at radius 2 is 2.00 bits per heavy atom. The number of rotatable bonds is 12. The summed E-state index contributed by atoms with van der Waals surface area (Å²) in [5.41, 5.74) is 0. The molecule has 0 amide bonds. The minimum Gasteiger partial charge on any atom is -0.377 e. The van der Waals surface area contributed by atoms with Crippen molar-refractivity contribution in [3.8, 4) is 0 Å². The van der Waals surface area contributed by atoms with E-state index in [2.05, 4.69) is 19.2 Å². The van der Waals surface area contributed by atoms with Gasteiger partial charge >= 0.3 is 0 Å². The molecule has 1 fully saturated rings. The zero-order chi connectivity index (χ0) is 13.8. The van der Waals surface area contributed by atoms with Gasteiger partial charge in [0.05, 0.1) is 12.2 Å². The second-order valence-corrected chi connectivity index (χ2v) is 5.74. The molecule has 0 saturated carbocycles. The first-order valence-electron chi connectivity index (χ1n) is 8.27. The Kier molecular flexibility index (Phi) is 10.4. The third-order valence-corrected chi connectivity index (χ3v) is 3.73. The van der Waals surface area contributed by atoms with E-state index in [1.807, 2.05) is 0 Å². The van der Waals surface area contributed by atoms with Crippen LogP contribution in [0.15, 0.2) is 0 Å². The van der Waals surface area contributed by atoms with E-state index in [1.165, 1.54) is 51.4 Å². The van der Waals surface area contributed by atoms with Gasteiger partial charge in [0, 0.05) is 26.3 Å². The maximum Gasteiger partial charge on any atom is 0.0700 e. The fraction of sp³-hybridized carbons (Fsp3) is 1.00. The summed E-state index contributed by atoms with van der Waals surface area (Å²) in [4.78, 5) is 0. The predicted octanol–water partition coefficient (Wildman–Crippen LogP) is 3.52. The van der Waals surface area contributed by atoms with E-state index in [1.54, 1.807) is 0 Å². The Bertz CT molecular complexity index is 193. The van der Waals surface area contributed by atoms with Gasteiger partial charge < -0.3 is 14.8 Å². The van der Waals surface area contributed by atoms with Gasteiger partial charge in [0.25, 0.3) is 0 Å². The standard InChI is InChI=1S/C16H33NO2/c1-3-4-5-6-7-8-11-18-15(2)13-17-14-16-10-9-12-19-16/h15-17H,3-14H2,1-2H3. The molecule has 1 N–H and O–H groups in total. The van der Waals surface area contributed by atoms with Crippen LogP contribution in [0.1, 0.15) is 65.2 Å². The van der Waals surface area contributed by atoms with Crippen LogP contribution in [0, 0.1) is 0 Å². The van der Waals surface area contributed by atoms with Gasteiger partial charge in [-0.1, -0.05) is 39.0 Å². The Hall–Kier alpha value is -0.120. The molecule has 0 aromatic carbocycles. The van der Waals surface area contributed by atoms with Crippen molar-refractivity contribution in [3.63, 3.8) is 0 Å². The van der Waals surface area contributed by atoms with Crippen molar-refractivity contribution in [1.82, 2.24) is 5.32 Å². The van der Waals surface area contributed by atoms with Crippen molar-refractivity contribution in [3.05, 3.63) is 0 Å². The van der Waals surface area contributed by atoms with Gasteiger partial charge in [0.2, 0.25) is 0 Å². The average molecular weight is 271 g/mol. The Balaban J connectivity index is 1.80. The van der Waals surface area contributed by atoms with Crippen molar-refractivity contribution < 1.29 is 9.47 Å². The molecule has 19 heavy (non-hydrogen) atoms. The summed E-state index contributed by atoms with van der Waals surface area (Å²) in [5.74, 6) is 0. The fourth-order valence-corrected chi connectivity index (χ4v) is 2.48. The molecule has 1 rings (SSSR count). The van der Waals surface area contributed by atoms with Crippen molar-refractivity contribution >= 4 is 0 Å². The molecule has 1 aliphatic heterocycles. The minimum atomic E-state index is 0.317. The highest BCUT2D eigenvalue weighted by molar-refractivity contribution is 4.68. The number of unbranched alkanes of at least 4 members (excludes halogenated alkanes) is 5. The molecule has 0 spiro atoms. The third-order valence-electron chi connectivity index (χ3n) is 3.73. The van der Waals surface area contributed by atoms with Crippen molar-refractivity contribution in [1.29, 1.82) is 0 Å². The van der Waals surface area contributed by atoms with Gasteiger partial charge in [0.1, 0.15) is 0 Å². The molecule has 0 aliphatic carbocycles. The fourth-order valence-electron chi connectivity index (χ4n) is 2.48. The van der Waals surface area contributed by atoms with Crippen molar-refractivity contribution in [2.45, 2.75) is 77.4 Å². The number of hydrogen-bond acceptors (Lipinski definition) is 3. The van der Waals surface area contributed by atoms with E-state index in [9.17, 15) is 0 Å². The monoisotopic (exact) mass is 271 g/mol. The van der Waals surface area contributed by atoms with Gasteiger partial charge in [-0.2, -0.15) is 0 Å². The first kappa shape index (κ1) is 16.9. The summed E-state index contributed by atoms with van der Waals surface area (Å²) in [6.45, 7) is 8.18. The number of ether oxygens (including phenoxy) is 2. The Morgan fingerprint density at radius 1 is 1.21 bits per heavy atom. The first-order valence-corrected chi connectivity index (χ1v) is 8.27. The lowest BCUT2D eigenvalue weighted by atomic mass is 10.1. The molecule has 1 aliphatic rings. The highest BCUT2D eigenvalue weighted by atomic mass is 16.5. The second-order valence-electron chi connectivity index (χ2n) is 5.74. The average Bonchev–Trinajstić information content (AvgIpc) is 2.91. The van der Waals surface area contributed by atoms with E-state index >= 15 is 0 Å². The molecule has 1 heterocycles. The van der Waals surface area contributed by atoms with Crippen LogP contribution in [-0.2, 0) is 9.47 Å². The summed E-state index contributed by atoms with van der Waals surface area (Å²) >= 11 is 0. The largest absolute Gasteiger partial charge is 0.377 e. The van der Waals surface area contributed by atoms with Crippen LogP contribution < -0.4 is 5.32 Å². The topological polar surface area (TPSA) is 30.5 Å². The molecule has 0 aromatic rings. The normalized spacial score (nSPS) is 20.8. The molecule has 114 valence electrons. The molecule has 1 saturated heterocycles. The maximum absolute atomic E-state index is 5.81. The maximum atomic E-state index is 5.81. The molecule has 3 nitrogen and oxygen atoms in total. The third kappa shape index (κ3) is 9.42.